The minimum atomic E-state index is -0.205. The van der Waals surface area contributed by atoms with E-state index in [0.29, 0.717) is 22.8 Å². The lowest BCUT2D eigenvalue weighted by molar-refractivity contribution is 0.0933. The van der Waals surface area contributed by atoms with Gasteiger partial charge < -0.3 is 15.8 Å². The van der Waals surface area contributed by atoms with E-state index >= 15 is 0 Å². The SMILES string of the molecule is Nc1cc(Cl)cc(C(=O)NCC2Cc3ccccc3O2)c1. The van der Waals surface area contributed by atoms with E-state index in [-0.39, 0.29) is 12.0 Å². The molecule has 1 aliphatic heterocycles. The van der Waals surface area contributed by atoms with Gasteiger partial charge in [0, 0.05) is 22.7 Å². The Labute approximate surface area is 127 Å². The molecule has 1 atom stereocenters. The zero-order valence-electron chi connectivity index (χ0n) is 11.3. The van der Waals surface area contributed by atoms with Crippen LogP contribution in [0.2, 0.25) is 5.02 Å². The van der Waals surface area contributed by atoms with Crippen LogP contribution in [0.15, 0.2) is 42.5 Å². The van der Waals surface area contributed by atoms with Crippen molar-refractivity contribution in [1.29, 1.82) is 0 Å². The fraction of sp³-hybridized carbons (Fsp3) is 0.188. The number of anilines is 1. The van der Waals surface area contributed by atoms with Crippen molar-refractivity contribution in [2.24, 2.45) is 0 Å². The fourth-order valence-electron chi connectivity index (χ4n) is 2.42. The number of nitrogen functional groups attached to an aromatic ring is 1. The summed E-state index contributed by atoms with van der Waals surface area (Å²) in [5, 5.41) is 3.30. The second-order valence-corrected chi connectivity index (χ2v) is 5.47. The summed E-state index contributed by atoms with van der Waals surface area (Å²) in [7, 11) is 0. The predicted molar refractivity (Wildman–Crippen MR) is 82.8 cm³/mol. The summed E-state index contributed by atoms with van der Waals surface area (Å²) in [5.41, 5.74) is 7.78. The van der Waals surface area contributed by atoms with Gasteiger partial charge in [-0.2, -0.15) is 0 Å². The molecule has 2 aromatic carbocycles. The molecule has 3 N–H and O–H groups in total. The normalized spacial score (nSPS) is 16.1. The standard InChI is InChI=1S/C16H15ClN2O2/c17-12-5-11(6-13(18)8-12)16(20)19-9-14-7-10-3-1-2-4-15(10)21-14/h1-6,8,14H,7,9,18H2,(H,19,20). The van der Waals surface area contributed by atoms with Crippen molar-refractivity contribution >= 4 is 23.2 Å². The molecule has 0 saturated carbocycles. The zero-order valence-corrected chi connectivity index (χ0v) is 12.1. The molecule has 5 heteroatoms. The average Bonchev–Trinajstić information content (AvgIpc) is 2.86. The van der Waals surface area contributed by atoms with Crippen LogP contribution >= 0.6 is 11.6 Å². The number of halogens is 1. The highest BCUT2D eigenvalue weighted by molar-refractivity contribution is 6.31. The number of para-hydroxylation sites is 1. The quantitative estimate of drug-likeness (QED) is 0.857. The molecule has 0 spiro atoms. The first-order chi connectivity index (χ1) is 10.1. The number of hydrogen-bond donors (Lipinski definition) is 2. The van der Waals surface area contributed by atoms with Crippen molar-refractivity contribution in [2.45, 2.75) is 12.5 Å². The molecule has 3 rings (SSSR count). The lowest BCUT2D eigenvalue weighted by Gasteiger charge is -2.12. The Morgan fingerprint density at radius 1 is 1.33 bits per heavy atom. The molecule has 1 heterocycles. The minimum Gasteiger partial charge on any atom is -0.488 e. The molecule has 1 amide bonds. The number of amides is 1. The third kappa shape index (κ3) is 3.11. The van der Waals surface area contributed by atoms with Gasteiger partial charge in [0.15, 0.2) is 0 Å². The number of benzene rings is 2. The predicted octanol–water partition coefficient (Wildman–Crippen LogP) is 2.66. The molecule has 0 saturated heterocycles. The molecule has 0 aliphatic carbocycles. The molecular weight excluding hydrogens is 288 g/mol. The number of rotatable bonds is 3. The van der Waals surface area contributed by atoms with Crippen molar-refractivity contribution in [3.8, 4) is 5.75 Å². The summed E-state index contributed by atoms with van der Waals surface area (Å²) in [6, 6.07) is 12.7. The molecule has 21 heavy (non-hydrogen) atoms. The Hall–Kier alpha value is -2.20. The van der Waals surface area contributed by atoms with Gasteiger partial charge in [0.05, 0.1) is 6.54 Å². The molecule has 1 aliphatic rings. The van der Waals surface area contributed by atoms with E-state index in [1.165, 1.54) is 5.56 Å². The van der Waals surface area contributed by atoms with Crippen LogP contribution in [0.1, 0.15) is 15.9 Å². The number of carbonyl (C=O) groups excluding carboxylic acids is 1. The van der Waals surface area contributed by atoms with E-state index in [2.05, 4.69) is 5.32 Å². The van der Waals surface area contributed by atoms with Crippen molar-refractivity contribution in [3.63, 3.8) is 0 Å². The summed E-state index contributed by atoms with van der Waals surface area (Å²) < 4.78 is 5.78. The second-order valence-electron chi connectivity index (χ2n) is 5.03. The number of ether oxygens (including phenoxy) is 1. The number of hydrogen-bond acceptors (Lipinski definition) is 3. The lowest BCUT2D eigenvalue weighted by atomic mass is 10.1. The van der Waals surface area contributed by atoms with E-state index in [1.807, 2.05) is 24.3 Å². The topological polar surface area (TPSA) is 64.4 Å². The van der Waals surface area contributed by atoms with E-state index in [0.717, 1.165) is 12.2 Å². The molecular formula is C16H15ClN2O2. The van der Waals surface area contributed by atoms with E-state index in [4.69, 9.17) is 22.1 Å². The third-order valence-corrected chi connectivity index (χ3v) is 3.60. The Balaban J connectivity index is 1.60. The fourth-order valence-corrected chi connectivity index (χ4v) is 2.66. The Bertz CT molecular complexity index is 642. The second kappa shape index (κ2) is 5.66. The van der Waals surface area contributed by atoms with Gasteiger partial charge in [-0.05, 0) is 29.8 Å². The van der Waals surface area contributed by atoms with Crippen molar-refractivity contribution in [2.75, 3.05) is 12.3 Å². The average molecular weight is 303 g/mol. The Morgan fingerprint density at radius 3 is 2.90 bits per heavy atom. The molecule has 0 fully saturated rings. The van der Waals surface area contributed by atoms with Crippen molar-refractivity contribution < 1.29 is 9.53 Å². The van der Waals surface area contributed by atoms with Crippen LogP contribution < -0.4 is 15.8 Å². The number of nitrogens with two attached hydrogens (primary N) is 1. The van der Waals surface area contributed by atoms with Crippen LogP contribution in [0.5, 0.6) is 5.75 Å². The summed E-state index contributed by atoms with van der Waals surface area (Å²) >= 11 is 5.90. The van der Waals surface area contributed by atoms with Crippen molar-refractivity contribution in [1.82, 2.24) is 5.32 Å². The van der Waals surface area contributed by atoms with Gasteiger partial charge in [0.25, 0.3) is 5.91 Å². The largest absolute Gasteiger partial charge is 0.488 e. The zero-order chi connectivity index (χ0) is 14.8. The van der Waals surface area contributed by atoms with E-state index in [9.17, 15) is 4.79 Å². The highest BCUT2D eigenvalue weighted by Crippen LogP contribution is 2.27. The highest BCUT2D eigenvalue weighted by atomic mass is 35.5. The van der Waals surface area contributed by atoms with Gasteiger partial charge in [-0.3, -0.25) is 4.79 Å². The first-order valence-corrected chi connectivity index (χ1v) is 7.08. The first-order valence-electron chi connectivity index (χ1n) is 6.70. The first kappa shape index (κ1) is 13.8. The molecule has 0 radical (unpaired) electrons. The molecule has 0 bridgehead atoms. The van der Waals surface area contributed by atoms with Crippen molar-refractivity contribution in [3.05, 3.63) is 58.6 Å². The Kier molecular flexibility index (Phi) is 3.71. The molecule has 108 valence electrons. The minimum absolute atomic E-state index is 0.0390. The summed E-state index contributed by atoms with van der Waals surface area (Å²) in [6.45, 7) is 0.444. The summed E-state index contributed by atoms with van der Waals surface area (Å²) in [5.74, 6) is 0.688. The van der Waals surface area contributed by atoms with Gasteiger partial charge >= 0.3 is 0 Å². The maximum absolute atomic E-state index is 12.1. The number of carbonyl (C=O) groups is 1. The van der Waals surface area contributed by atoms with Crippen LogP contribution in [0, 0.1) is 0 Å². The van der Waals surface area contributed by atoms with Crippen LogP contribution in [-0.4, -0.2) is 18.6 Å². The monoisotopic (exact) mass is 302 g/mol. The van der Waals surface area contributed by atoms with E-state index in [1.54, 1.807) is 18.2 Å². The molecule has 1 unspecified atom stereocenters. The molecule has 4 nitrogen and oxygen atoms in total. The van der Waals surface area contributed by atoms with Gasteiger partial charge in [-0.1, -0.05) is 29.8 Å². The maximum Gasteiger partial charge on any atom is 0.251 e. The summed E-state index contributed by atoms with van der Waals surface area (Å²) in [4.78, 5) is 12.1. The smallest absolute Gasteiger partial charge is 0.251 e. The molecule has 2 aromatic rings. The number of nitrogens with one attached hydrogen (secondary N) is 1. The maximum atomic E-state index is 12.1. The highest BCUT2D eigenvalue weighted by Gasteiger charge is 2.22. The van der Waals surface area contributed by atoms with Crippen LogP contribution in [0.4, 0.5) is 5.69 Å². The van der Waals surface area contributed by atoms with Gasteiger partial charge in [0.2, 0.25) is 0 Å². The lowest BCUT2D eigenvalue weighted by Crippen LogP contribution is -2.34. The van der Waals surface area contributed by atoms with Crippen LogP contribution in [-0.2, 0) is 6.42 Å². The molecule has 0 aromatic heterocycles. The van der Waals surface area contributed by atoms with E-state index < -0.39 is 0 Å². The van der Waals surface area contributed by atoms with Gasteiger partial charge in [-0.25, -0.2) is 0 Å². The Morgan fingerprint density at radius 2 is 2.14 bits per heavy atom. The van der Waals surface area contributed by atoms with Crippen LogP contribution in [0.3, 0.4) is 0 Å². The van der Waals surface area contributed by atoms with Gasteiger partial charge in [0.1, 0.15) is 11.9 Å². The van der Waals surface area contributed by atoms with Crippen LogP contribution in [0.25, 0.3) is 0 Å². The number of fused-ring (bicyclic) bond motifs is 1. The summed E-state index contributed by atoms with van der Waals surface area (Å²) in [6.07, 6.45) is 0.761. The van der Waals surface area contributed by atoms with Gasteiger partial charge in [-0.15, -0.1) is 0 Å². The third-order valence-electron chi connectivity index (χ3n) is 3.39.